The zero-order valence-corrected chi connectivity index (χ0v) is 10.8. The van der Waals surface area contributed by atoms with E-state index in [4.69, 9.17) is 9.47 Å². The third kappa shape index (κ3) is 2.65. The van der Waals surface area contributed by atoms with Gasteiger partial charge in [-0.15, -0.1) is 0 Å². The average Bonchev–Trinajstić information content (AvgIpc) is 3.16. The minimum absolute atomic E-state index is 0.211. The molecule has 1 N–H and O–H groups in total. The first kappa shape index (κ1) is 13.3. The summed E-state index contributed by atoms with van der Waals surface area (Å²) in [5, 5.41) is 10.6. The van der Waals surface area contributed by atoms with Crippen LogP contribution in [0, 0.1) is 11.7 Å². The molecule has 1 aromatic rings. The van der Waals surface area contributed by atoms with Crippen LogP contribution in [0.2, 0.25) is 0 Å². The molecule has 18 heavy (non-hydrogen) atoms. The first-order valence-corrected chi connectivity index (χ1v) is 6.13. The lowest BCUT2D eigenvalue weighted by Crippen LogP contribution is -2.39. The van der Waals surface area contributed by atoms with Crippen molar-refractivity contribution in [2.75, 3.05) is 20.8 Å². The van der Waals surface area contributed by atoms with Crippen LogP contribution in [-0.4, -0.2) is 31.5 Å². The largest absolute Gasteiger partial charge is 0.494 e. The molecule has 3 nitrogen and oxygen atoms in total. The summed E-state index contributed by atoms with van der Waals surface area (Å²) in [6.45, 7) is 0.230. The van der Waals surface area contributed by atoms with E-state index in [0.29, 0.717) is 5.56 Å². The van der Waals surface area contributed by atoms with Gasteiger partial charge in [0.15, 0.2) is 11.6 Å². The van der Waals surface area contributed by atoms with Gasteiger partial charge in [-0.05, 0) is 30.4 Å². The molecule has 0 radical (unpaired) electrons. The molecule has 0 spiro atoms. The molecule has 1 saturated carbocycles. The Morgan fingerprint density at radius 2 is 2.11 bits per heavy atom. The lowest BCUT2D eigenvalue weighted by atomic mass is 9.90. The fourth-order valence-corrected chi connectivity index (χ4v) is 2.36. The lowest BCUT2D eigenvalue weighted by molar-refractivity contribution is -0.0479. The molecule has 0 aromatic heterocycles. The molecule has 1 aliphatic carbocycles. The van der Waals surface area contributed by atoms with Crippen LogP contribution in [0.15, 0.2) is 18.2 Å². The minimum Gasteiger partial charge on any atom is -0.494 e. The van der Waals surface area contributed by atoms with Crippen LogP contribution in [-0.2, 0) is 11.2 Å². The maximum Gasteiger partial charge on any atom is 0.168 e. The predicted octanol–water partition coefficient (Wildman–Crippen LogP) is 2.16. The Labute approximate surface area is 107 Å². The molecule has 4 heteroatoms. The van der Waals surface area contributed by atoms with Crippen LogP contribution < -0.4 is 4.74 Å². The van der Waals surface area contributed by atoms with E-state index in [0.717, 1.165) is 12.8 Å². The summed E-state index contributed by atoms with van der Waals surface area (Å²) in [5.74, 6) is 0.0290. The van der Waals surface area contributed by atoms with Gasteiger partial charge >= 0.3 is 0 Å². The normalized spacial score (nSPS) is 18.4. The van der Waals surface area contributed by atoms with Crippen molar-refractivity contribution >= 4 is 0 Å². The summed E-state index contributed by atoms with van der Waals surface area (Å²) in [5.41, 5.74) is -0.497. The van der Waals surface area contributed by atoms with Gasteiger partial charge in [-0.2, -0.15) is 0 Å². The number of benzene rings is 1. The van der Waals surface area contributed by atoms with Crippen molar-refractivity contribution < 1.29 is 19.0 Å². The molecular formula is C14H19FO3. The zero-order chi connectivity index (χ0) is 13.2. The van der Waals surface area contributed by atoms with Gasteiger partial charge in [0.25, 0.3) is 0 Å². The third-order valence-electron chi connectivity index (χ3n) is 3.49. The molecule has 0 aliphatic heterocycles. The first-order valence-electron chi connectivity index (χ1n) is 6.13. The molecule has 1 aliphatic rings. The molecule has 0 amide bonds. The number of hydrogen-bond donors (Lipinski definition) is 1. The fourth-order valence-electron chi connectivity index (χ4n) is 2.36. The van der Waals surface area contributed by atoms with Gasteiger partial charge in [0, 0.05) is 13.5 Å². The number of rotatable bonds is 6. The van der Waals surface area contributed by atoms with E-state index in [9.17, 15) is 9.50 Å². The Hall–Kier alpha value is -1.13. The summed E-state index contributed by atoms with van der Waals surface area (Å²) in [6.07, 6.45) is 2.21. The Balaban J connectivity index is 2.21. The van der Waals surface area contributed by atoms with E-state index in [-0.39, 0.29) is 24.7 Å². The van der Waals surface area contributed by atoms with Crippen LogP contribution in [0.5, 0.6) is 5.75 Å². The SMILES string of the molecule is COCC(O)(Cc1cccc(OC)c1F)C1CC1. The van der Waals surface area contributed by atoms with Gasteiger partial charge in [0.05, 0.1) is 19.3 Å². The standard InChI is InChI=1S/C14H19FO3/c1-17-9-14(16,11-6-7-11)8-10-4-3-5-12(18-2)13(10)15/h3-5,11,16H,6-9H2,1-2H3. The number of halogens is 1. The van der Waals surface area contributed by atoms with Crippen LogP contribution in [0.4, 0.5) is 4.39 Å². The zero-order valence-electron chi connectivity index (χ0n) is 10.8. The molecule has 1 fully saturated rings. The van der Waals surface area contributed by atoms with Gasteiger partial charge in [0.1, 0.15) is 0 Å². The number of methoxy groups -OCH3 is 2. The Morgan fingerprint density at radius 1 is 1.39 bits per heavy atom. The molecule has 100 valence electrons. The van der Waals surface area contributed by atoms with E-state index in [1.165, 1.54) is 7.11 Å². The molecule has 2 rings (SSSR count). The van der Waals surface area contributed by atoms with E-state index in [1.54, 1.807) is 25.3 Å². The van der Waals surface area contributed by atoms with Gasteiger partial charge in [-0.1, -0.05) is 12.1 Å². The topological polar surface area (TPSA) is 38.7 Å². The quantitative estimate of drug-likeness (QED) is 0.845. The van der Waals surface area contributed by atoms with Crippen LogP contribution in [0.3, 0.4) is 0 Å². The van der Waals surface area contributed by atoms with Crippen molar-refractivity contribution in [1.82, 2.24) is 0 Å². The average molecular weight is 254 g/mol. The highest BCUT2D eigenvalue weighted by Gasteiger charge is 2.44. The van der Waals surface area contributed by atoms with Gasteiger partial charge < -0.3 is 14.6 Å². The molecule has 1 aromatic carbocycles. The molecule has 1 atom stereocenters. The Morgan fingerprint density at radius 3 is 2.67 bits per heavy atom. The number of ether oxygens (including phenoxy) is 2. The summed E-state index contributed by atoms with van der Waals surface area (Å²) >= 11 is 0. The summed E-state index contributed by atoms with van der Waals surface area (Å²) in [4.78, 5) is 0. The number of aliphatic hydroxyl groups is 1. The second-order valence-corrected chi connectivity index (χ2v) is 4.92. The number of hydrogen-bond acceptors (Lipinski definition) is 3. The van der Waals surface area contributed by atoms with E-state index < -0.39 is 11.4 Å². The highest BCUT2D eigenvalue weighted by Crippen LogP contribution is 2.42. The van der Waals surface area contributed by atoms with Crippen molar-refractivity contribution in [3.05, 3.63) is 29.6 Å². The van der Waals surface area contributed by atoms with Crippen molar-refractivity contribution in [1.29, 1.82) is 0 Å². The van der Waals surface area contributed by atoms with Crippen molar-refractivity contribution in [2.24, 2.45) is 5.92 Å². The molecule has 0 saturated heterocycles. The van der Waals surface area contributed by atoms with E-state index in [1.807, 2.05) is 0 Å². The molecular weight excluding hydrogens is 235 g/mol. The second kappa shape index (κ2) is 5.24. The summed E-state index contributed by atoms with van der Waals surface area (Å²) in [6, 6.07) is 4.99. The first-order chi connectivity index (χ1) is 8.60. The monoisotopic (exact) mass is 254 g/mol. The maximum atomic E-state index is 14.1. The van der Waals surface area contributed by atoms with Crippen molar-refractivity contribution in [3.63, 3.8) is 0 Å². The highest BCUT2D eigenvalue weighted by molar-refractivity contribution is 5.32. The van der Waals surface area contributed by atoms with Crippen molar-refractivity contribution in [3.8, 4) is 5.75 Å². The second-order valence-electron chi connectivity index (χ2n) is 4.92. The highest BCUT2D eigenvalue weighted by atomic mass is 19.1. The Bertz CT molecular complexity index is 418. The molecule has 0 heterocycles. The van der Waals surface area contributed by atoms with Gasteiger partial charge in [-0.25, -0.2) is 4.39 Å². The van der Waals surface area contributed by atoms with Gasteiger partial charge in [0.2, 0.25) is 0 Å². The lowest BCUT2D eigenvalue weighted by Gasteiger charge is -2.27. The predicted molar refractivity (Wildman–Crippen MR) is 66.2 cm³/mol. The third-order valence-corrected chi connectivity index (χ3v) is 3.49. The molecule has 1 unspecified atom stereocenters. The Kier molecular flexibility index (Phi) is 3.88. The van der Waals surface area contributed by atoms with Crippen molar-refractivity contribution in [2.45, 2.75) is 24.9 Å². The van der Waals surface area contributed by atoms with E-state index in [2.05, 4.69) is 0 Å². The maximum absolute atomic E-state index is 14.1. The van der Waals surface area contributed by atoms with Gasteiger partial charge in [-0.3, -0.25) is 0 Å². The van der Waals surface area contributed by atoms with Crippen LogP contribution in [0.25, 0.3) is 0 Å². The summed E-state index contributed by atoms with van der Waals surface area (Å²) < 4.78 is 24.1. The summed E-state index contributed by atoms with van der Waals surface area (Å²) in [7, 11) is 2.99. The van der Waals surface area contributed by atoms with E-state index >= 15 is 0 Å². The minimum atomic E-state index is -0.970. The van der Waals surface area contributed by atoms with Crippen LogP contribution in [0.1, 0.15) is 18.4 Å². The molecule has 0 bridgehead atoms. The smallest absolute Gasteiger partial charge is 0.168 e. The van der Waals surface area contributed by atoms with Crippen LogP contribution >= 0.6 is 0 Å². The fraction of sp³-hybridized carbons (Fsp3) is 0.571.